The van der Waals surface area contributed by atoms with Gasteiger partial charge in [-0.1, -0.05) is 26.3 Å². The fraction of sp³-hybridized carbons (Fsp3) is 0.800. The molecule has 0 amide bonds. The number of ether oxygens (including phenoxy) is 6. The standard InChI is InChI=1S/C20H36O8/c1-4-5-6-7-19(21)27-16-14-25-12-10-23-8-9-24-11-13-26-15-17-28-20(22)18(2)3/h2,4-17H2,1,3H3. The number of rotatable bonds is 20. The summed E-state index contributed by atoms with van der Waals surface area (Å²) in [7, 11) is 0. The Labute approximate surface area is 168 Å². The van der Waals surface area contributed by atoms with Crippen molar-refractivity contribution in [3.63, 3.8) is 0 Å². The van der Waals surface area contributed by atoms with E-state index in [1.54, 1.807) is 6.92 Å². The first-order valence-corrected chi connectivity index (χ1v) is 9.87. The van der Waals surface area contributed by atoms with Gasteiger partial charge in [0.15, 0.2) is 0 Å². The Bertz CT molecular complexity index is 411. The van der Waals surface area contributed by atoms with Crippen LogP contribution in [0.5, 0.6) is 0 Å². The maximum atomic E-state index is 11.4. The first-order chi connectivity index (χ1) is 13.6. The normalized spacial score (nSPS) is 10.6. The molecule has 28 heavy (non-hydrogen) atoms. The molecule has 0 radical (unpaired) electrons. The van der Waals surface area contributed by atoms with E-state index in [0.29, 0.717) is 64.8 Å². The maximum absolute atomic E-state index is 11.4. The van der Waals surface area contributed by atoms with Gasteiger partial charge in [-0.25, -0.2) is 4.79 Å². The van der Waals surface area contributed by atoms with E-state index >= 15 is 0 Å². The van der Waals surface area contributed by atoms with E-state index in [2.05, 4.69) is 13.5 Å². The van der Waals surface area contributed by atoms with Crippen LogP contribution in [0.25, 0.3) is 0 Å². The second kappa shape index (κ2) is 20.3. The lowest BCUT2D eigenvalue weighted by molar-refractivity contribution is -0.145. The number of hydrogen-bond donors (Lipinski definition) is 0. The zero-order chi connectivity index (χ0) is 20.9. The van der Waals surface area contributed by atoms with E-state index in [1.807, 2.05) is 0 Å². The predicted octanol–water partition coefficient (Wildman–Crippen LogP) is 2.30. The number of unbranched alkanes of at least 4 members (excludes halogenated alkanes) is 2. The predicted molar refractivity (Wildman–Crippen MR) is 104 cm³/mol. The van der Waals surface area contributed by atoms with Crippen LogP contribution in [0, 0.1) is 0 Å². The Balaban J connectivity index is 3.15. The van der Waals surface area contributed by atoms with Gasteiger partial charge >= 0.3 is 11.9 Å². The molecule has 0 fully saturated rings. The molecule has 0 aliphatic rings. The van der Waals surface area contributed by atoms with Gasteiger partial charge in [0.1, 0.15) is 13.2 Å². The Hall–Kier alpha value is -1.48. The van der Waals surface area contributed by atoms with Gasteiger partial charge in [-0.3, -0.25) is 4.79 Å². The van der Waals surface area contributed by atoms with E-state index in [9.17, 15) is 9.59 Å². The highest BCUT2D eigenvalue weighted by atomic mass is 16.6. The largest absolute Gasteiger partial charge is 0.463 e. The van der Waals surface area contributed by atoms with E-state index in [-0.39, 0.29) is 19.2 Å². The van der Waals surface area contributed by atoms with E-state index in [4.69, 9.17) is 28.4 Å². The van der Waals surface area contributed by atoms with Crippen molar-refractivity contribution in [2.75, 3.05) is 66.1 Å². The monoisotopic (exact) mass is 404 g/mol. The molecule has 0 saturated heterocycles. The molecule has 0 N–H and O–H groups in total. The van der Waals surface area contributed by atoms with Crippen molar-refractivity contribution in [1.82, 2.24) is 0 Å². The minimum atomic E-state index is -0.413. The Kier molecular flexibility index (Phi) is 19.2. The molecule has 0 aromatic carbocycles. The molecule has 0 aliphatic heterocycles. The highest BCUT2D eigenvalue weighted by Crippen LogP contribution is 2.00. The first-order valence-electron chi connectivity index (χ1n) is 9.87. The number of esters is 2. The zero-order valence-electron chi connectivity index (χ0n) is 17.4. The summed E-state index contributed by atoms with van der Waals surface area (Å²) >= 11 is 0. The van der Waals surface area contributed by atoms with Crippen LogP contribution >= 0.6 is 0 Å². The third kappa shape index (κ3) is 19.3. The van der Waals surface area contributed by atoms with Crippen molar-refractivity contribution in [3.8, 4) is 0 Å². The molecule has 0 aliphatic carbocycles. The van der Waals surface area contributed by atoms with Gasteiger partial charge in [0.05, 0.1) is 52.9 Å². The fourth-order valence-electron chi connectivity index (χ4n) is 1.88. The quantitative estimate of drug-likeness (QED) is 0.173. The van der Waals surface area contributed by atoms with Crippen LogP contribution in [0.15, 0.2) is 12.2 Å². The molecule has 164 valence electrons. The molecule has 0 unspecified atom stereocenters. The number of carbonyl (C=O) groups excluding carboxylic acids is 2. The molecular formula is C20H36O8. The van der Waals surface area contributed by atoms with Gasteiger partial charge in [-0.2, -0.15) is 0 Å². The summed E-state index contributed by atoms with van der Waals surface area (Å²) in [5, 5.41) is 0. The van der Waals surface area contributed by atoms with E-state index in [1.165, 1.54) is 0 Å². The molecule has 0 atom stereocenters. The SMILES string of the molecule is C=C(C)C(=O)OCCOCCOCCOCCOCCOC(=O)CCCCC. The lowest BCUT2D eigenvalue weighted by Crippen LogP contribution is -2.15. The topological polar surface area (TPSA) is 89.5 Å². The number of hydrogen-bond acceptors (Lipinski definition) is 8. The van der Waals surface area contributed by atoms with Gasteiger partial charge in [-0.05, 0) is 13.3 Å². The lowest BCUT2D eigenvalue weighted by atomic mass is 10.2. The molecule has 0 aromatic heterocycles. The summed E-state index contributed by atoms with van der Waals surface area (Å²) in [6.07, 6.45) is 3.49. The highest BCUT2D eigenvalue weighted by molar-refractivity contribution is 5.86. The molecule has 0 rings (SSSR count). The highest BCUT2D eigenvalue weighted by Gasteiger charge is 2.02. The minimum Gasteiger partial charge on any atom is -0.463 e. The zero-order valence-corrected chi connectivity index (χ0v) is 17.4. The molecule has 8 heteroatoms. The van der Waals surface area contributed by atoms with Crippen molar-refractivity contribution >= 4 is 11.9 Å². The second-order valence-corrected chi connectivity index (χ2v) is 6.04. The van der Waals surface area contributed by atoms with Gasteiger partial charge < -0.3 is 28.4 Å². The summed E-state index contributed by atoms with van der Waals surface area (Å²) in [5.41, 5.74) is 0.370. The summed E-state index contributed by atoms with van der Waals surface area (Å²) in [6, 6.07) is 0. The van der Waals surface area contributed by atoms with Gasteiger partial charge in [0.25, 0.3) is 0 Å². The first kappa shape index (κ1) is 26.5. The minimum absolute atomic E-state index is 0.165. The molecule has 0 heterocycles. The van der Waals surface area contributed by atoms with Gasteiger partial charge in [0, 0.05) is 12.0 Å². The van der Waals surface area contributed by atoms with Crippen LogP contribution in [-0.2, 0) is 38.0 Å². The average Bonchev–Trinajstić information content (AvgIpc) is 2.67. The van der Waals surface area contributed by atoms with Crippen LogP contribution in [-0.4, -0.2) is 78.0 Å². The van der Waals surface area contributed by atoms with Crippen LogP contribution in [0.3, 0.4) is 0 Å². The maximum Gasteiger partial charge on any atom is 0.333 e. The molecule has 0 aromatic rings. The van der Waals surface area contributed by atoms with Crippen LogP contribution in [0.4, 0.5) is 0 Å². The third-order valence-corrected chi connectivity index (χ3v) is 3.40. The summed E-state index contributed by atoms with van der Waals surface area (Å²) < 4.78 is 31.2. The number of carbonyl (C=O) groups is 2. The van der Waals surface area contributed by atoms with Crippen molar-refractivity contribution in [1.29, 1.82) is 0 Å². The Morgan fingerprint density at radius 2 is 1.11 bits per heavy atom. The van der Waals surface area contributed by atoms with Crippen LogP contribution in [0.2, 0.25) is 0 Å². The fourth-order valence-corrected chi connectivity index (χ4v) is 1.88. The third-order valence-electron chi connectivity index (χ3n) is 3.40. The molecule has 0 bridgehead atoms. The van der Waals surface area contributed by atoms with Crippen LogP contribution in [0.1, 0.15) is 39.5 Å². The average molecular weight is 405 g/mol. The van der Waals surface area contributed by atoms with Gasteiger partial charge in [0.2, 0.25) is 0 Å². The molecule has 8 nitrogen and oxygen atoms in total. The van der Waals surface area contributed by atoms with Crippen molar-refractivity contribution < 1.29 is 38.0 Å². The van der Waals surface area contributed by atoms with Crippen molar-refractivity contribution in [2.45, 2.75) is 39.5 Å². The van der Waals surface area contributed by atoms with Crippen molar-refractivity contribution in [2.24, 2.45) is 0 Å². The Morgan fingerprint density at radius 3 is 1.54 bits per heavy atom. The van der Waals surface area contributed by atoms with Crippen LogP contribution < -0.4 is 0 Å². The summed E-state index contributed by atoms with van der Waals surface area (Å²) in [4.78, 5) is 22.5. The second-order valence-electron chi connectivity index (χ2n) is 6.04. The summed E-state index contributed by atoms with van der Waals surface area (Å²) in [6.45, 7) is 11.0. The Morgan fingerprint density at radius 1 is 0.679 bits per heavy atom. The molecular weight excluding hydrogens is 368 g/mol. The molecule has 0 spiro atoms. The lowest BCUT2D eigenvalue weighted by Gasteiger charge is -2.08. The molecule has 0 saturated carbocycles. The van der Waals surface area contributed by atoms with Gasteiger partial charge in [-0.15, -0.1) is 0 Å². The van der Waals surface area contributed by atoms with Crippen molar-refractivity contribution in [3.05, 3.63) is 12.2 Å². The smallest absolute Gasteiger partial charge is 0.333 e. The summed E-state index contributed by atoms with van der Waals surface area (Å²) in [5.74, 6) is -0.577. The van der Waals surface area contributed by atoms with E-state index < -0.39 is 5.97 Å². The van der Waals surface area contributed by atoms with E-state index in [0.717, 1.165) is 19.3 Å².